The van der Waals surface area contributed by atoms with Gasteiger partial charge in [-0.3, -0.25) is 0 Å². The summed E-state index contributed by atoms with van der Waals surface area (Å²) >= 11 is 0. The zero-order chi connectivity index (χ0) is 11.1. The van der Waals surface area contributed by atoms with E-state index in [9.17, 15) is 0 Å². The first kappa shape index (κ1) is 13.0. The zero-order valence-electron chi connectivity index (χ0n) is 10.8. The van der Waals surface area contributed by atoms with Crippen molar-refractivity contribution in [3.05, 3.63) is 0 Å². The Kier molecular flexibility index (Phi) is 6.26. The molecule has 0 aromatic heterocycles. The molecule has 1 aliphatic rings. The fourth-order valence-corrected chi connectivity index (χ4v) is 2.49. The maximum absolute atomic E-state index is 3.45. The summed E-state index contributed by atoms with van der Waals surface area (Å²) < 4.78 is 0. The number of hydrogen-bond donors (Lipinski definition) is 1. The molecule has 0 aromatic rings. The van der Waals surface area contributed by atoms with Crippen LogP contribution in [-0.4, -0.2) is 37.6 Å². The highest BCUT2D eigenvalue weighted by Crippen LogP contribution is 2.16. The number of unbranched alkanes of at least 4 members (excludes halogenated alkanes) is 1. The molecular weight excluding hydrogens is 184 g/mol. The van der Waals surface area contributed by atoms with Crippen LogP contribution in [0, 0.1) is 5.92 Å². The van der Waals surface area contributed by atoms with E-state index in [4.69, 9.17) is 0 Å². The van der Waals surface area contributed by atoms with Crippen molar-refractivity contribution in [1.29, 1.82) is 0 Å². The van der Waals surface area contributed by atoms with E-state index in [2.05, 4.69) is 31.1 Å². The normalized spacial score (nSPS) is 23.6. The van der Waals surface area contributed by atoms with E-state index in [1.165, 1.54) is 51.7 Å². The van der Waals surface area contributed by atoms with Gasteiger partial charge in [-0.05, 0) is 32.4 Å². The van der Waals surface area contributed by atoms with Gasteiger partial charge < -0.3 is 10.2 Å². The molecule has 2 unspecified atom stereocenters. The predicted octanol–water partition coefficient (Wildman–Crippen LogP) is 2.50. The van der Waals surface area contributed by atoms with E-state index in [-0.39, 0.29) is 0 Å². The average molecular weight is 212 g/mol. The van der Waals surface area contributed by atoms with Gasteiger partial charge in [-0.15, -0.1) is 0 Å². The summed E-state index contributed by atoms with van der Waals surface area (Å²) in [7, 11) is 2.30. The van der Waals surface area contributed by atoms with Crippen LogP contribution >= 0.6 is 0 Å². The molecule has 1 fully saturated rings. The molecule has 1 N–H and O–H groups in total. The summed E-state index contributed by atoms with van der Waals surface area (Å²) in [4.78, 5) is 2.57. The van der Waals surface area contributed by atoms with Gasteiger partial charge in [0.2, 0.25) is 0 Å². The first-order valence-corrected chi connectivity index (χ1v) is 6.68. The molecule has 0 radical (unpaired) electrons. The highest BCUT2D eigenvalue weighted by atomic mass is 15.2. The molecule has 1 saturated heterocycles. The summed E-state index contributed by atoms with van der Waals surface area (Å²) in [6.07, 6.45) is 6.82. The lowest BCUT2D eigenvalue weighted by Gasteiger charge is -2.28. The van der Waals surface area contributed by atoms with E-state index in [1.54, 1.807) is 0 Å². The highest BCUT2D eigenvalue weighted by molar-refractivity contribution is 4.79. The molecule has 1 rings (SSSR count). The summed E-state index contributed by atoms with van der Waals surface area (Å²) in [5.41, 5.74) is 0. The van der Waals surface area contributed by atoms with Crippen LogP contribution in [-0.2, 0) is 0 Å². The minimum atomic E-state index is 0.792. The molecule has 0 aliphatic carbocycles. The van der Waals surface area contributed by atoms with Crippen molar-refractivity contribution in [3.8, 4) is 0 Å². The maximum atomic E-state index is 3.45. The smallest absolute Gasteiger partial charge is 0.0229 e. The van der Waals surface area contributed by atoms with E-state index in [1.807, 2.05) is 0 Å². The second kappa shape index (κ2) is 7.24. The molecule has 0 bridgehead atoms. The summed E-state index contributed by atoms with van der Waals surface area (Å²) in [5, 5.41) is 3.45. The van der Waals surface area contributed by atoms with Crippen LogP contribution in [0.25, 0.3) is 0 Å². The Bertz CT molecular complexity index is 153. The summed E-state index contributed by atoms with van der Waals surface area (Å²) in [6, 6.07) is 0.792. The second-order valence-corrected chi connectivity index (χ2v) is 5.00. The van der Waals surface area contributed by atoms with Crippen LogP contribution in [0.2, 0.25) is 0 Å². The van der Waals surface area contributed by atoms with Crippen LogP contribution in [0.3, 0.4) is 0 Å². The molecule has 15 heavy (non-hydrogen) atoms. The minimum absolute atomic E-state index is 0.792. The molecule has 1 heterocycles. The molecule has 2 nitrogen and oxygen atoms in total. The van der Waals surface area contributed by atoms with Crippen LogP contribution in [0.4, 0.5) is 0 Å². The Morgan fingerprint density at radius 2 is 2.20 bits per heavy atom. The first-order valence-electron chi connectivity index (χ1n) is 6.68. The molecule has 0 spiro atoms. The second-order valence-electron chi connectivity index (χ2n) is 5.00. The van der Waals surface area contributed by atoms with Gasteiger partial charge >= 0.3 is 0 Å². The third-order valence-corrected chi connectivity index (χ3v) is 3.75. The zero-order valence-corrected chi connectivity index (χ0v) is 10.8. The Morgan fingerprint density at radius 1 is 1.40 bits per heavy atom. The van der Waals surface area contributed by atoms with Crippen LogP contribution in [0.1, 0.15) is 46.0 Å². The van der Waals surface area contributed by atoms with Gasteiger partial charge in [0.05, 0.1) is 0 Å². The van der Waals surface area contributed by atoms with Gasteiger partial charge in [0.1, 0.15) is 0 Å². The van der Waals surface area contributed by atoms with Crippen molar-refractivity contribution >= 4 is 0 Å². The highest BCUT2D eigenvalue weighted by Gasteiger charge is 2.20. The Labute approximate surface area is 95.4 Å². The van der Waals surface area contributed by atoms with E-state index in [0.717, 1.165) is 12.0 Å². The van der Waals surface area contributed by atoms with Crippen molar-refractivity contribution in [2.75, 3.05) is 26.7 Å². The lowest BCUT2D eigenvalue weighted by Crippen LogP contribution is -2.36. The Morgan fingerprint density at radius 3 is 2.73 bits per heavy atom. The van der Waals surface area contributed by atoms with Crippen molar-refractivity contribution < 1.29 is 0 Å². The van der Waals surface area contributed by atoms with Crippen molar-refractivity contribution in [1.82, 2.24) is 10.2 Å². The molecule has 0 saturated carbocycles. The number of likely N-dealkylation sites (N-methyl/N-ethyl adjacent to an activating group) is 1. The molecule has 2 atom stereocenters. The van der Waals surface area contributed by atoms with Gasteiger partial charge in [-0.1, -0.05) is 33.1 Å². The number of nitrogens with one attached hydrogen (secondary N) is 1. The molecular formula is C13H28N2. The van der Waals surface area contributed by atoms with E-state index in [0.29, 0.717) is 0 Å². The largest absolute Gasteiger partial charge is 0.315 e. The summed E-state index contributed by atoms with van der Waals surface area (Å²) in [6.45, 7) is 8.32. The van der Waals surface area contributed by atoms with E-state index < -0.39 is 0 Å². The van der Waals surface area contributed by atoms with Crippen molar-refractivity contribution in [2.24, 2.45) is 5.92 Å². The Balaban J connectivity index is 2.23. The van der Waals surface area contributed by atoms with E-state index >= 15 is 0 Å². The van der Waals surface area contributed by atoms with Crippen molar-refractivity contribution in [2.45, 2.75) is 52.0 Å². The monoisotopic (exact) mass is 212 g/mol. The quantitative estimate of drug-likeness (QED) is 0.697. The molecule has 2 heteroatoms. The van der Waals surface area contributed by atoms with Gasteiger partial charge in [0.25, 0.3) is 0 Å². The topological polar surface area (TPSA) is 15.3 Å². The molecule has 0 amide bonds. The lowest BCUT2D eigenvalue weighted by atomic mass is 9.98. The number of nitrogens with zero attached hydrogens (tertiary/aromatic N) is 1. The number of rotatable bonds is 7. The number of hydrogen-bond acceptors (Lipinski definition) is 2. The first-order chi connectivity index (χ1) is 7.27. The molecule has 1 aliphatic heterocycles. The van der Waals surface area contributed by atoms with Gasteiger partial charge in [0, 0.05) is 19.1 Å². The maximum Gasteiger partial charge on any atom is 0.0229 e. The third kappa shape index (κ3) is 4.52. The Hall–Kier alpha value is -0.0800. The summed E-state index contributed by atoms with van der Waals surface area (Å²) in [5.74, 6) is 0.913. The van der Waals surface area contributed by atoms with Gasteiger partial charge in [-0.2, -0.15) is 0 Å². The molecule has 0 aromatic carbocycles. The SMILES string of the molecule is CCCCC(CC)CN(C)C1CCNC1. The third-order valence-electron chi connectivity index (χ3n) is 3.75. The standard InChI is InChI=1S/C13H28N2/c1-4-6-7-12(5-2)11-15(3)13-8-9-14-10-13/h12-14H,4-11H2,1-3H3. The van der Waals surface area contributed by atoms with Crippen LogP contribution in [0.15, 0.2) is 0 Å². The average Bonchev–Trinajstić information content (AvgIpc) is 2.77. The van der Waals surface area contributed by atoms with Crippen LogP contribution < -0.4 is 5.32 Å². The fraction of sp³-hybridized carbons (Fsp3) is 1.00. The van der Waals surface area contributed by atoms with Gasteiger partial charge in [0.15, 0.2) is 0 Å². The van der Waals surface area contributed by atoms with Crippen molar-refractivity contribution in [3.63, 3.8) is 0 Å². The van der Waals surface area contributed by atoms with Crippen LogP contribution in [0.5, 0.6) is 0 Å². The molecule has 90 valence electrons. The lowest BCUT2D eigenvalue weighted by molar-refractivity contribution is 0.207. The predicted molar refractivity (Wildman–Crippen MR) is 67.2 cm³/mol. The van der Waals surface area contributed by atoms with Gasteiger partial charge in [-0.25, -0.2) is 0 Å². The fourth-order valence-electron chi connectivity index (χ4n) is 2.49. The minimum Gasteiger partial charge on any atom is -0.315 e.